The largest absolute Gasteiger partial charge is 0.390 e. The summed E-state index contributed by atoms with van der Waals surface area (Å²) in [6.07, 6.45) is 5.65. The van der Waals surface area contributed by atoms with Crippen LogP contribution < -0.4 is 0 Å². The number of epoxide rings is 2. The Labute approximate surface area is 395 Å². The second kappa shape index (κ2) is 27.6. The number of rotatable bonds is 29. The summed E-state index contributed by atoms with van der Waals surface area (Å²) in [6, 6.07) is 0. The molecule has 66 heavy (non-hydrogen) atoms. The Bertz CT molecular complexity index is 1520. The van der Waals surface area contributed by atoms with Crippen molar-refractivity contribution >= 4 is 0 Å². The fourth-order valence-corrected chi connectivity index (χ4v) is 9.88. The van der Waals surface area contributed by atoms with E-state index in [2.05, 4.69) is 27.7 Å². The minimum absolute atomic E-state index is 0.0341. The lowest BCUT2D eigenvalue weighted by atomic mass is 9.91. The minimum Gasteiger partial charge on any atom is -0.390 e. The highest BCUT2D eigenvalue weighted by atomic mass is 16.7. The first-order valence-corrected chi connectivity index (χ1v) is 23.8. The van der Waals surface area contributed by atoms with Crippen LogP contribution in [-0.4, -0.2) is 191 Å². The number of aliphatic hydroxyl groups is 2. The van der Waals surface area contributed by atoms with E-state index in [4.69, 9.17) is 66.3 Å². The van der Waals surface area contributed by atoms with Crippen molar-refractivity contribution in [1.82, 2.24) is 0 Å². The summed E-state index contributed by atoms with van der Waals surface area (Å²) < 4.78 is 84.5. The van der Waals surface area contributed by atoms with Crippen molar-refractivity contribution in [2.45, 2.75) is 178 Å². The normalized spacial score (nSPS) is 36.8. The molecule has 0 amide bonds. The molecule has 382 valence electrons. The lowest BCUT2D eigenvalue weighted by molar-refractivity contribution is -0.311. The van der Waals surface area contributed by atoms with Crippen LogP contribution >= 0.6 is 0 Å². The predicted octanol–water partition coefficient (Wildman–Crippen LogP) is 5.22. The van der Waals surface area contributed by atoms with Crippen LogP contribution in [0.1, 0.15) is 68.2 Å². The Hall–Kier alpha value is -1.68. The molecule has 22 atom stereocenters. The van der Waals surface area contributed by atoms with Gasteiger partial charge in [0, 0.05) is 80.6 Å². The number of ether oxygens (including phenoxy) is 14. The first-order chi connectivity index (χ1) is 31.7. The molecule has 0 spiro atoms. The molecule has 0 radical (unpaired) electrons. The summed E-state index contributed by atoms with van der Waals surface area (Å²) in [4.78, 5) is 0. The molecule has 4 aliphatic heterocycles. The summed E-state index contributed by atoms with van der Waals surface area (Å²) in [5, 5.41) is 22.2. The Morgan fingerprint density at radius 1 is 0.485 bits per heavy atom. The van der Waals surface area contributed by atoms with Gasteiger partial charge in [-0.15, -0.1) is 0 Å². The molecule has 4 rings (SSSR count). The van der Waals surface area contributed by atoms with Gasteiger partial charge in [0.05, 0.1) is 49.8 Å². The van der Waals surface area contributed by atoms with Crippen LogP contribution in [0.2, 0.25) is 0 Å². The molecule has 16 nitrogen and oxygen atoms in total. The minimum atomic E-state index is -0.837. The second-order valence-corrected chi connectivity index (χ2v) is 18.3. The van der Waals surface area contributed by atoms with E-state index in [0.717, 1.165) is 24.0 Å². The van der Waals surface area contributed by atoms with E-state index in [1.54, 1.807) is 56.9 Å². The Morgan fingerprint density at radius 2 is 0.879 bits per heavy atom. The number of methoxy groups -OCH3 is 8. The Kier molecular flexibility index (Phi) is 23.8. The highest BCUT2D eigenvalue weighted by Gasteiger charge is 2.53. The predicted molar refractivity (Wildman–Crippen MR) is 248 cm³/mol. The molecule has 4 aliphatic rings. The first-order valence-electron chi connectivity index (χ1n) is 23.8. The maximum atomic E-state index is 11.1. The van der Waals surface area contributed by atoms with E-state index in [9.17, 15) is 10.2 Å². The maximum absolute atomic E-state index is 11.1. The second-order valence-electron chi connectivity index (χ2n) is 18.3. The van der Waals surface area contributed by atoms with Gasteiger partial charge in [0.2, 0.25) is 0 Å². The summed E-state index contributed by atoms with van der Waals surface area (Å²) in [5.41, 5.74) is 1.73. The van der Waals surface area contributed by atoms with Gasteiger partial charge < -0.3 is 76.5 Å². The van der Waals surface area contributed by atoms with Crippen LogP contribution in [-0.2, 0) is 66.3 Å². The van der Waals surface area contributed by atoms with E-state index in [1.807, 2.05) is 64.2 Å². The van der Waals surface area contributed by atoms with Crippen LogP contribution in [0.15, 0.2) is 47.6 Å². The summed E-state index contributed by atoms with van der Waals surface area (Å²) in [6.45, 7) is 16.5. The van der Waals surface area contributed by atoms with Crippen molar-refractivity contribution in [3.05, 3.63) is 47.6 Å². The van der Waals surface area contributed by atoms with Crippen molar-refractivity contribution < 1.29 is 76.5 Å². The van der Waals surface area contributed by atoms with E-state index in [0.29, 0.717) is 0 Å². The third-order valence-electron chi connectivity index (χ3n) is 14.2. The molecular weight excluding hydrogens is 857 g/mol. The van der Waals surface area contributed by atoms with Gasteiger partial charge in [0.15, 0.2) is 12.6 Å². The molecule has 16 heteroatoms. The number of aliphatic hydroxyl groups excluding tert-OH is 2. The molecule has 4 saturated heterocycles. The van der Waals surface area contributed by atoms with Crippen LogP contribution in [0.25, 0.3) is 0 Å². The molecule has 0 saturated carbocycles. The van der Waals surface area contributed by atoms with Gasteiger partial charge in [-0.25, -0.2) is 0 Å². The quantitative estimate of drug-likeness (QED) is 0.0567. The lowest BCUT2D eigenvalue weighted by Crippen LogP contribution is -2.61. The molecule has 0 aromatic heterocycles. The highest BCUT2D eigenvalue weighted by Crippen LogP contribution is 2.39. The molecule has 2 N–H and O–H groups in total. The average molecular weight is 943 g/mol. The van der Waals surface area contributed by atoms with E-state index >= 15 is 0 Å². The SMILES string of the molecule is CC[C@H](OC)[C@@H](C)[C@H]1O[C@@H]1[C@@H](O)[C@H](C)/C=C/C=C(\C)[C@H]1O[C@H](OC)[C@H](OC)[C@@H](OC)[C@@H]1OCCO[C@H]1O[C@H](/C(C)=C/C=C/[C@@H](C)[C@@H](O)[C@H]2O[C@@H]2[C@H](C)[C@H](CC)OC)[C@@H](OC)[C@H](OC)[C@H]1OC. The van der Waals surface area contributed by atoms with Crippen molar-refractivity contribution in [3.8, 4) is 0 Å². The molecule has 4 fully saturated rings. The zero-order valence-corrected chi connectivity index (χ0v) is 42.6. The zero-order valence-electron chi connectivity index (χ0n) is 42.6. The molecule has 0 aromatic rings. The maximum Gasteiger partial charge on any atom is 0.187 e. The molecule has 0 unspecified atom stereocenters. The molecule has 4 heterocycles. The monoisotopic (exact) mass is 943 g/mol. The van der Waals surface area contributed by atoms with Crippen molar-refractivity contribution in [3.63, 3.8) is 0 Å². The smallest absolute Gasteiger partial charge is 0.187 e. The highest BCUT2D eigenvalue weighted by molar-refractivity contribution is 5.21. The number of hydrogen-bond donors (Lipinski definition) is 2. The third-order valence-corrected chi connectivity index (χ3v) is 14.2. The van der Waals surface area contributed by atoms with Crippen molar-refractivity contribution in [2.75, 3.05) is 70.1 Å². The molecule has 0 aliphatic carbocycles. The van der Waals surface area contributed by atoms with Crippen molar-refractivity contribution in [2.24, 2.45) is 23.7 Å². The fourth-order valence-electron chi connectivity index (χ4n) is 9.88. The van der Waals surface area contributed by atoms with Crippen LogP contribution in [0.5, 0.6) is 0 Å². The van der Waals surface area contributed by atoms with Gasteiger partial charge in [-0.2, -0.15) is 0 Å². The standard InChI is InChI=1S/C50H86O16/c1-17-33(53-9)31(7)39-41(63-39)35(51)27(3)21-19-23-29(5)37-43(55-11)44(56-12)48(59-15)50(66-37)62-26-25-61-46-38(65-49(60-16)47(58-14)45(46)57-13)30(6)24-20-22-28(4)36(52)42-40(64-42)32(8)34(18-2)54-10/h19-24,27-28,31-52H,17-18,25-26H2,1-16H3/b21-19+,22-20+,29-23+,30-24+/t27-,28-,31-,32-,33+,34+,35-,36+,37-,38-,39-,40-,41-,42-,43-,44+,45+,46-,47-,48-,49+,50+/m1/s1. The van der Waals surface area contributed by atoms with Gasteiger partial charge in [-0.3, -0.25) is 0 Å². The van der Waals surface area contributed by atoms with Gasteiger partial charge in [0.1, 0.15) is 61.0 Å². The van der Waals surface area contributed by atoms with Gasteiger partial charge in [0.25, 0.3) is 0 Å². The van der Waals surface area contributed by atoms with Crippen LogP contribution in [0.4, 0.5) is 0 Å². The van der Waals surface area contributed by atoms with E-state index in [1.165, 1.54) is 0 Å². The fraction of sp³-hybridized carbons (Fsp3) is 0.840. The third kappa shape index (κ3) is 14.0. The van der Waals surface area contributed by atoms with Gasteiger partial charge in [-0.05, 0) is 37.8 Å². The molecule has 0 aromatic carbocycles. The summed E-state index contributed by atoms with van der Waals surface area (Å²) in [5.74, 6) is 0.0393. The average Bonchev–Trinajstić information content (AvgIpc) is 4.27. The number of allylic oxidation sites excluding steroid dienone is 4. The van der Waals surface area contributed by atoms with Gasteiger partial charge in [-0.1, -0.05) is 78.0 Å². The Balaban J connectivity index is 1.42. The lowest BCUT2D eigenvalue weighted by Gasteiger charge is -2.46. The van der Waals surface area contributed by atoms with Crippen molar-refractivity contribution in [1.29, 1.82) is 0 Å². The topological polar surface area (TPSA) is 176 Å². The summed E-state index contributed by atoms with van der Waals surface area (Å²) in [7, 11) is 13.0. The van der Waals surface area contributed by atoms with E-state index in [-0.39, 0.29) is 73.5 Å². The molecule has 0 bridgehead atoms. The zero-order chi connectivity index (χ0) is 48.8. The Morgan fingerprint density at radius 3 is 1.29 bits per heavy atom. The van der Waals surface area contributed by atoms with Crippen LogP contribution in [0, 0.1) is 23.7 Å². The summed E-state index contributed by atoms with van der Waals surface area (Å²) >= 11 is 0. The van der Waals surface area contributed by atoms with Gasteiger partial charge >= 0.3 is 0 Å². The molecular formula is C50H86O16. The number of hydrogen-bond acceptors (Lipinski definition) is 16. The first kappa shape index (κ1) is 56.9. The van der Waals surface area contributed by atoms with E-state index < -0.39 is 73.6 Å². The van der Waals surface area contributed by atoms with Crippen LogP contribution in [0.3, 0.4) is 0 Å².